The molecule has 0 saturated heterocycles. The van der Waals surface area contributed by atoms with E-state index in [9.17, 15) is 15.0 Å². The second kappa shape index (κ2) is 7.30. The Kier molecular flexibility index (Phi) is 4.57. The molecule has 0 amide bonds. The maximum atomic E-state index is 13.3. The van der Waals surface area contributed by atoms with Crippen LogP contribution in [0.2, 0.25) is 5.02 Å². The molecule has 8 heteroatoms. The third-order valence-electron chi connectivity index (χ3n) is 4.91. The van der Waals surface area contributed by atoms with E-state index in [0.29, 0.717) is 32.7 Å². The Morgan fingerprint density at radius 3 is 2.52 bits per heavy atom. The number of aryl methyl sites for hydroxylation is 1. The monoisotopic (exact) mass is 450 g/mol. The number of para-hydroxylation sites is 1. The Hall–Kier alpha value is -3.55. The van der Waals surface area contributed by atoms with Gasteiger partial charge in [-0.2, -0.15) is 0 Å². The molecule has 3 aromatic heterocycles. The Balaban J connectivity index is 1.82. The third kappa shape index (κ3) is 3.10. The number of hydrogen-bond acceptors (Lipinski definition) is 6. The molecule has 0 aliphatic carbocycles. The van der Waals surface area contributed by atoms with E-state index in [4.69, 9.17) is 16.0 Å². The fourth-order valence-corrected chi connectivity index (χ4v) is 4.77. The van der Waals surface area contributed by atoms with Gasteiger partial charge in [0, 0.05) is 0 Å². The van der Waals surface area contributed by atoms with Gasteiger partial charge in [-0.15, -0.1) is 0 Å². The third-order valence-corrected chi connectivity index (χ3v) is 6.22. The van der Waals surface area contributed by atoms with Gasteiger partial charge >= 0.3 is 0 Å². The van der Waals surface area contributed by atoms with Crippen molar-refractivity contribution in [3.63, 3.8) is 0 Å². The Morgan fingerprint density at radius 2 is 1.84 bits per heavy atom. The van der Waals surface area contributed by atoms with Crippen molar-refractivity contribution in [1.82, 2.24) is 9.55 Å². The van der Waals surface area contributed by atoms with Crippen LogP contribution >= 0.6 is 22.9 Å². The van der Waals surface area contributed by atoms with E-state index < -0.39 is 17.4 Å². The molecular weight excluding hydrogens is 436 g/mol. The molecule has 0 unspecified atom stereocenters. The van der Waals surface area contributed by atoms with E-state index in [2.05, 4.69) is 4.98 Å². The molecule has 5 aromatic rings. The minimum absolute atomic E-state index is 0.0643. The van der Waals surface area contributed by atoms with Crippen molar-refractivity contribution in [1.29, 1.82) is 0 Å². The van der Waals surface area contributed by atoms with Gasteiger partial charge in [-0.25, -0.2) is 4.98 Å². The van der Waals surface area contributed by atoms with Crippen LogP contribution in [0.5, 0.6) is 11.6 Å². The first-order valence-corrected chi connectivity index (χ1v) is 10.5. The second-order valence-corrected chi connectivity index (χ2v) is 8.34. The van der Waals surface area contributed by atoms with Gasteiger partial charge in [-0.3, -0.25) is 9.36 Å². The molecule has 2 N–H and O–H groups in total. The molecule has 0 spiro atoms. The van der Waals surface area contributed by atoms with Crippen LogP contribution in [-0.4, -0.2) is 25.5 Å². The van der Waals surface area contributed by atoms with Crippen molar-refractivity contribution < 1.29 is 19.4 Å². The summed E-state index contributed by atoms with van der Waals surface area (Å²) in [5, 5.41) is 22.5. The predicted molar refractivity (Wildman–Crippen MR) is 120 cm³/mol. The van der Waals surface area contributed by atoms with Crippen LogP contribution in [0.15, 0.2) is 65.1 Å². The number of benzene rings is 2. The zero-order valence-corrected chi connectivity index (χ0v) is 17.7. The smallest absolute Gasteiger partial charge is 0.242 e. The zero-order chi connectivity index (χ0) is 21.7. The SMILES string of the molecule is Cc1ccc(C(=O)c2c(O)c(O)n(-c3nc4c(Cl)cccc4s3)c2-c2ccccc2)o1. The maximum absolute atomic E-state index is 13.3. The summed E-state index contributed by atoms with van der Waals surface area (Å²) in [5.41, 5.74) is 1.44. The summed E-state index contributed by atoms with van der Waals surface area (Å²) in [7, 11) is 0. The highest BCUT2D eigenvalue weighted by atomic mass is 35.5. The summed E-state index contributed by atoms with van der Waals surface area (Å²) in [6.45, 7) is 1.72. The number of fused-ring (bicyclic) bond motifs is 1. The molecular formula is C23H15ClN2O4S. The van der Waals surface area contributed by atoms with Crippen LogP contribution in [0, 0.1) is 6.92 Å². The van der Waals surface area contributed by atoms with Crippen LogP contribution in [0.4, 0.5) is 0 Å². The zero-order valence-electron chi connectivity index (χ0n) is 16.2. The summed E-state index contributed by atoms with van der Waals surface area (Å²) >= 11 is 7.56. The van der Waals surface area contributed by atoms with Gasteiger partial charge in [0.25, 0.3) is 0 Å². The minimum Gasteiger partial charge on any atom is -0.503 e. The van der Waals surface area contributed by atoms with E-state index in [1.807, 2.05) is 18.2 Å². The summed E-state index contributed by atoms with van der Waals surface area (Å²) in [6, 6.07) is 17.6. The lowest BCUT2D eigenvalue weighted by Gasteiger charge is -2.08. The van der Waals surface area contributed by atoms with Crippen molar-refractivity contribution in [3.05, 3.63) is 82.8 Å². The van der Waals surface area contributed by atoms with Gasteiger partial charge in [-0.05, 0) is 36.8 Å². The number of aromatic hydroxyl groups is 2. The lowest BCUT2D eigenvalue weighted by atomic mass is 10.0. The molecule has 2 aromatic carbocycles. The number of nitrogens with zero attached hydrogens (tertiary/aromatic N) is 2. The second-order valence-electron chi connectivity index (χ2n) is 6.92. The quantitative estimate of drug-likeness (QED) is 0.330. The average molecular weight is 451 g/mol. The van der Waals surface area contributed by atoms with Crippen molar-refractivity contribution >= 4 is 38.9 Å². The molecule has 0 fully saturated rings. The number of aromatic nitrogens is 2. The van der Waals surface area contributed by atoms with Crippen molar-refractivity contribution in [2.45, 2.75) is 6.92 Å². The molecule has 0 aliphatic rings. The van der Waals surface area contributed by atoms with Crippen molar-refractivity contribution in [2.75, 3.05) is 0 Å². The first-order chi connectivity index (χ1) is 15.0. The molecule has 31 heavy (non-hydrogen) atoms. The summed E-state index contributed by atoms with van der Waals surface area (Å²) in [6.07, 6.45) is 0. The summed E-state index contributed by atoms with van der Waals surface area (Å²) in [5.74, 6) is -0.940. The van der Waals surface area contributed by atoms with Crippen LogP contribution in [0.25, 0.3) is 26.6 Å². The fourth-order valence-electron chi connectivity index (χ4n) is 3.50. The van der Waals surface area contributed by atoms with Crippen LogP contribution in [0.3, 0.4) is 0 Å². The molecule has 154 valence electrons. The lowest BCUT2D eigenvalue weighted by molar-refractivity contribution is 0.101. The number of hydrogen-bond donors (Lipinski definition) is 2. The number of halogens is 1. The van der Waals surface area contributed by atoms with E-state index >= 15 is 0 Å². The average Bonchev–Trinajstić information content (AvgIpc) is 3.46. The maximum Gasteiger partial charge on any atom is 0.242 e. The number of thiazole rings is 1. The van der Waals surface area contributed by atoms with Gasteiger partial charge in [-0.1, -0.05) is 59.3 Å². The van der Waals surface area contributed by atoms with E-state index in [1.54, 1.807) is 43.3 Å². The van der Waals surface area contributed by atoms with E-state index in [0.717, 1.165) is 4.70 Å². The number of rotatable bonds is 4. The standard InChI is InChI=1S/C23H15ClN2O4S/c1-12-10-11-15(30-12)20(27)17-19(13-6-3-2-4-7-13)26(22(29)21(17)28)23-25-18-14(24)8-5-9-16(18)31-23/h2-11,28-29H,1H3. The molecule has 0 atom stereocenters. The van der Waals surface area contributed by atoms with Gasteiger partial charge in [0.1, 0.15) is 11.3 Å². The fraction of sp³-hybridized carbons (Fsp3) is 0.0435. The van der Waals surface area contributed by atoms with Crippen LogP contribution in [0.1, 0.15) is 21.9 Å². The number of carbonyl (C=O) groups excluding carboxylic acids is 1. The molecule has 3 heterocycles. The first-order valence-electron chi connectivity index (χ1n) is 9.34. The Bertz CT molecular complexity index is 1450. The molecule has 0 aliphatic heterocycles. The number of furan rings is 1. The molecule has 5 rings (SSSR count). The minimum atomic E-state index is -0.544. The van der Waals surface area contributed by atoms with Crippen LogP contribution < -0.4 is 0 Å². The van der Waals surface area contributed by atoms with Gasteiger partial charge in [0.05, 0.1) is 21.0 Å². The van der Waals surface area contributed by atoms with Gasteiger partial charge < -0.3 is 14.6 Å². The Morgan fingerprint density at radius 1 is 1.06 bits per heavy atom. The normalized spacial score (nSPS) is 11.3. The lowest BCUT2D eigenvalue weighted by Crippen LogP contribution is -2.04. The Labute approximate surface area is 185 Å². The summed E-state index contributed by atoms with van der Waals surface area (Å²) in [4.78, 5) is 17.8. The number of ketones is 1. The highest BCUT2D eigenvalue weighted by Gasteiger charge is 2.32. The topological polar surface area (TPSA) is 88.5 Å². The van der Waals surface area contributed by atoms with Crippen LogP contribution in [-0.2, 0) is 0 Å². The molecule has 0 bridgehead atoms. The largest absolute Gasteiger partial charge is 0.503 e. The summed E-state index contributed by atoms with van der Waals surface area (Å²) < 4.78 is 7.66. The first kappa shape index (κ1) is 19.4. The van der Waals surface area contributed by atoms with E-state index in [1.165, 1.54) is 22.0 Å². The molecule has 0 saturated carbocycles. The van der Waals surface area contributed by atoms with Gasteiger partial charge in [0.15, 0.2) is 16.6 Å². The highest BCUT2D eigenvalue weighted by Crippen LogP contribution is 2.45. The molecule has 6 nitrogen and oxygen atoms in total. The van der Waals surface area contributed by atoms with Crippen molar-refractivity contribution in [3.8, 4) is 28.0 Å². The van der Waals surface area contributed by atoms with E-state index in [-0.39, 0.29) is 11.3 Å². The highest BCUT2D eigenvalue weighted by molar-refractivity contribution is 7.21. The molecule has 0 radical (unpaired) electrons. The number of carbonyl (C=O) groups is 1. The predicted octanol–water partition coefficient (Wildman–Crippen LogP) is 5.95. The van der Waals surface area contributed by atoms with Gasteiger partial charge in [0.2, 0.25) is 11.7 Å². The van der Waals surface area contributed by atoms with Crippen molar-refractivity contribution in [2.24, 2.45) is 0 Å².